The molecule has 1 aromatic carbocycles. The maximum absolute atomic E-state index is 5.84. The number of quaternary nitrogens is 1. The zero-order chi connectivity index (χ0) is 26.2. The van der Waals surface area contributed by atoms with Gasteiger partial charge in [-0.2, -0.15) is 10.1 Å². The van der Waals surface area contributed by atoms with Gasteiger partial charge in [-0.25, -0.2) is 15.4 Å². The third-order valence-corrected chi connectivity index (χ3v) is 7.50. The molecular formula is C27H28N9O2+. The van der Waals surface area contributed by atoms with Crippen molar-refractivity contribution in [3.8, 4) is 16.9 Å². The number of amidine groups is 1. The highest BCUT2D eigenvalue weighted by Crippen LogP contribution is 2.42. The number of hydrogen-bond donors (Lipinski definition) is 3. The lowest BCUT2D eigenvalue weighted by Crippen LogP contribution is -2.55. The molecule has 1 atom stereocenters. The molecule has 38 heavy (non-hydrogen) atoms. The van der Waals surface area contributed by atoms with E-state index in [1.165, 1.54) is 18.5 Å². The molecule has 1 unspecified atom stereocenters. The van der Waals surface area contributed by atoms with Crippen LogP contribution >= 0.6 is 0 Å². The number of aromatic nitrogens is 6. The lowest BCUT2D eigenvalue weighted by Gasteiger charge is -2.27. The molecule has 1 fully saturated rings. The average Bonchev–Trinajstić information content (AvgIpc) is 3.18. The minimum atomic E-state index is 0.300. The van der Waals surface area contributed by atoms with Gasteiger partial charge in [-0.3, -0.25) is 5.10 Å². The van der Waals surface area contributed by atoms with Crippen molar-refractivity contribution < 1.29 is 9.26 Å². The van der Waals surface area contributed by atoms with Crippen molar-refractivity contribution in [3.63, 3.8) is 0 Å². The molecule has 5 heterocycles. The Balaban J connectivity index is 1.46. The number of nitrogens with zero attached hydrogens (tertiary/aromatic N) is 6. The second kappa shape index (κ2) is 7.99. The Hall–Kier alpha value is -4.51. The van der Waals surface area contributed by atoms with Crippen molar-refractivity contribution in [2.24, 2.45) is 10.9 Å². The number of fused-ring (bicyclic) bond motifs is 3. The number of benzene rings is 1. The van der Waals surface area contributed by atoms with Crippen molar-refractivity contribution in [2.45, 2.75) is 33.6 Å². The van der Waals surface area contributed by atoms with Gasteiger partial charge in [-0.05, 0) is 45.7 Å². The first-order valence-electron chi connectivity index (χ1n) is 12.6. The Morgan fingerprint density at radius 2 is 2.00 bits per heavy atom. The Morgan fingerprint density at radius 3 is 2.68 bits per heavy atom. The first-order valence-corrected chi connectivity index (χ1v) is 12.6. The number of likely N-dealkylation sites (N-methyl/N-ethyl adjacent to an activating group) is 1. The number of aromatic amines is 2. The van der Waals surface area contributed by atoms with Gasteiger partial charge in [-0.1, -0.05) is 5.16 Å². The third-order valence-electron chi connectivity index (χ3n) is 7.50. The Kier molecular flexibility index (Phi) is 4.77. The van der Waals surface area contributed by atoms with E-state index in [1.54, 1.807) is 7.11 Å². The first kappa shape index (κ1) is 22.7. The number of hydrogen-bond acceptors (Lipinski definition) is 8. The van der Waals surface area contributed by atoms with Crippen LogP contribution in [-0.4, -0.2) is 50.3 Å². The summed E-state index contributed by atoms with van der Waals surface area (Å²) in [5.74, 6) is 4.06. The normalized spacial score (nSPS) is 20.4. The fraction of sp³-hybridized carbons (Fsp3) is 0.296. The number of nitrogens with one attached hydrogen (secondary N) is 3. The molecule has 11 nitrogen and oxygen atoms in total. The quantitative estimate of drug-likeness (QED) is 0.287. The van der Waals surface area contributed by atoms with Crippen molar-refractivity contribution in [1.29, 1.82) is 0 Å². The van der Waals surface area contributed by atoms with Gasteiger partial charge in [0.2, 0.25) is 5.69 Å². The van der Waals surface area contributed by atoms with Gasteiger partial charge in [0.25, 0.3) is 5.84 Å². The number of ether oxygens (including phenoxy) is 1. The minimum absolute atomic E-state index is 0.300. The van der Waals surface area contributed by atoms with E-state index in [2.05, 4.69) is 45.0 Å². The van der Waals surface area contributed by atoms with Gasteiger partial charge in [0.15, 0.2) is 5.82 Å². The second-order valence-electron chi connectivity index (χ2n) is 10.2. The smallest absolute Gasteiger partial charge is 0.261 e. The molecule has 3 N–H and O–H groups in total. The van der Waals surface area contributed by atoms with Crippen LogP contribution in [0.1, 0.15) is 30.1 Å². The summed E-state index contributed by atoms with van der Waals surface area (Å²) in [7, 11) is 3.75. The van der Waals surface area contributed by atoms with Crippen LogP contribution in [0.15, 0.2) is 45.8 Å². The zero-order valence-electron chi connectivity index (χ0n) is 21.9. The van der Waals surface area contributed by atoms with Crippen LogP contribution in [0.2, 0.25) is 0 Å². The van der Waals surface area contributed by atoms with Gasteiger partial charge in [-0.15, -0.1) is 4.59 Å². The molecule has 0 saturated heterocycles. The summed E-state index contributed by atoms with van der Waals surface area (Å²) in [6, 6.07) is 4.07. The first-order chi connectivity index (χ1) is 18.4. The average molecular weight is 511 g/mol. The van der Waals surface area contributed by atoms with Gasteiger partial charge < -0.3 is 14.2 Å². The minimum Gasteiger partial charge on any atom is -0.496 e. The van der Waals surface area contributed by atoms with Crippen LogP contribution < -0.4 is 14.8 Å². The van der Waals surface area contributed by atoms with Crippen molar-refractivity contribution in [1.82, 2.24) is 40.3 Å². The molecule has 0 amide bonds. The van der Waals surface area contributed by atoms with Crippen LogP contribution in [0.25, 0.3) is 33.1 Å². The van der Waals surface area contributed by atoms with Crippen molar-refractivity contribution in [2.75, 3.05) is 14.2 Å². The lowest BCUT2D eigenvalue weighted by atomic mass is 10.0. The van der Waals surface area contributed by atoms with E-state index in [1.807, 2.05) is 39.2 Å². The van der Waals surface area contributed by atoms with E-state index in [0.717, 1.165) is 56.0 Å². The zero-order valence-corrected chi connectivity index (χ0v) is 21.9. The van der Waals surface area contributed by atoms with Gasteiger partial charge in [0.1, 0.15) is 36.2 Å². The number of aliphatic imine (C=N–C) groups is 1. The fourth-order valence-corrected chi connectivity index (χ4v) is 5.37. The molecular weight excluding hydrogens is 482 g/mol. The van der Waals surface area contributed by atoms with Crippen molar-refractivity contribution >= 4 is 39.3 Å². The predicted octanol–water partition coefficient (Wildman–Crippen LogP) is 4.90. The summed E-state index contributed by atoms with van der Waals surface area (Å²) in [4.78, 5) is 18.2. The molecule has 0 spiro atoms. The summed E-state index contributed by atoms with van der Waals surface area (Å²) in [6.07, 6.45) is 8.23. The topological polar surface area (TPSA) is 130 Å². The number of allylic oxidation sites excluding steroid dienone is 1. The molecule has 192 valence electrons. The molecule has 0 bridgehead atoms. The largest absolute Gasteiger partial charge is 0.496 e. The van der Waals surface area contributed by atoms with E-state index in [-0.39, 0.29) is 0 Å². The highest BCUT2D eigenvalue weighted by molar-refractivity contribution is 6.14. The Labute approximate surface area is 218 Å². The summed E-state index contributed by atoms with van der Waals surface area (Å²) in [6.45, 7) is 5.71. The molecule has 1 aliphatic heterocycles. The molecule has 1 saturated carbocycles. The summed E-state index contributed by atoms with van der Waals surface area (Å²) < 4.78 is 11.6. The maximum atomic E-state index is 5.84. The molecule has 5 aromatic rings. The van der Waals surface area contributed by atoms with E-state index < -0.39 is 0 Å². The highest BCUT2D eigenvalue weighted by atomic mass is 16.5. The number of aryl methyl sites for hydroxylation is 3. The van der Waals surface area contributed by atoms with Crippen LogP contribution in [0.4, 0.5) is 11.5 Å². The Morgan fingerprint density at radius 1 is 1.16 bits per heavy atom. The molecule has 11 heteroatoms. The van der Waals surface area contributed by atoms with Gasteiger partial charge >= 0.3 is 0 Å². The van der Waals surface area contributed by atoms with E-state index in [4.69, 9.17) is 24.2 Å². The number of rotatable bonds is 5. The Bertz CT molecular complexity index is 1770. The van der Waals surface area contributed by atoms with Crippen LogP contribution in [-0.2, 0) is 0 Å². The van der Waals surface area contributed by atoms with Gasteiger partial charge in [0.05, 0.1) is 35.6 Å². The fourth-order valence-electron chi connectivity index (χ4n) is 5.37. The predicted molar refractivity (Wildman–Crippen MR) is 145 cm³/mol. The maximum Gasteiger partial charge on any atom is 0.261 e. The molecule has 2 aliphatic rings. The SMILES string of the molecule is COc1cc2c(cc1-c1c(C)noc1C)[nH]c1nc(C)nc(N=C3C=C(C4CC4)N[N+]3(C)c3cn[nH]c3)c12. The summed E-state index contributed by atoms with van der Waals surface area (Å²) in [5, 5.41) is 13.0. The monoisotopic (exact) mass is 510 g/mol. The highest BCUT2D eigenvalue weighted by Gasteiger charge is 2.44. The lowest BCUT2D eigenvalue weighted by molar-refractivity contribution is 0.393. The summed E-state index contributed by atoms with van der Waals surface area (Å²) >= 11 is 0. The number of H-pyrrole nitrogens is 2. The van der Waals surface area contributed by atoms with Crippen LogP contribution in [0.5, 0.6) is 5.75 Å². The molecule has 7 rings (SSSR count). The molecule has 1 aliphatic carbocycles. The third kappa shape index (κ3) is 3.35. The molecule has 4 aromatic heterocycles. The van der Waals surface area contributed by atoms with Crippen LogP contribution in [0, 0.1) is 26.7 Å². The summed E-state index contributed by atoms with van der Waals surface area (Å²) in [5.41, 5.74) is 10.1. The van der Waals surface area contributed by atoms with Crippen LogP contribution in [0.3, 0.4) is 0 Å². The standard InChI is InChI=1S/C27H28N9O2/c1-13-24(14(2)38-35-13)19-8-21-18(9-22(19)37-5)25-26(32-21)30-15(3)31-27(25)33-23-10-20(16-6-7-16)34-36(23,4)17-11-28-29-12-17/h8-12,16,34H,6-7H2,1-5H3,(H,28,29)(H,30,31,32)/q+1. The number of methoxy groups -OCH3 is 1. The van der Waals surface area contributed by atoms with Gasteiger partial charge in [0, 0.05) is 28.5 Å². The van der Waals surface area contributed by atoms with Crippen molar-refractivity contribution in [3.05, 3.63) is 53.6 Å². The van der Waals surface area contributed by atoms with E-state index in [9.17, 15) is 0 Å². The second-order valence-corrected chi connectivity index (χ2v) is 10.2. The molecule has 0 radical (unpaired) electrons. The van der Waals surface area contributed by atoms with E-state index in [0.29, 0.717) is 27.9 Å². The van der Waals surface area contributed by atoms with E-state index >= 15 is 0 Å².